The monoisotopic (exact) mass is 397 g/mol. The van der Waals surface area contributed by atoms with Gasteiger partial charge < -0.3 is 14.2 Å². The topological polar surface area (TPSA) is 74.3 Å². The van der Waals surface area contributed by atoms with Gasteiger partial charge in [0.15, 0.2) is 11.2 Å². The molecule has 0 fully saturated rings. The van der Waals surface area contributed by atoms with Crippen LogP contribution in [0.3, 0.4) is 0 Å². The first-order valence-electron chi connectivity index (χ1n) is 10.1. The fourth-order valence-corrected chi connectivity index (χ4v) is 4.10. The highest BCUT2D eigenvalue weighted by Crippen LogP contribution is 2.33. The molecule has 0 bridgehead atoms. The number of aryl methyl sites for hydroxylation is 4. The van der Waals surface area contributed by atoms with Crippen molar-refractivity contribution in [1.82, 2.24) is 18.7 Å². The van der Waals surface area contributed by atoms with Gasteiger partial charge in [0.25, 0.3) is 5.56 Å². The van der Waals surface area contributed by atoms with Crippen LogP contribution in [0.1, 0.15) is 24.5 Å². The number of fused-ring (bicyclic) bond motifs is 3. The molecule has 0 radical (unpaired) electrons. The predicted octanol–water partition coefficient (Wildman–Crippen LogP) is 2.09. The third kappa shape index (κ3) is 3.17. The maximum atomic E-state index is 13.2. The summed E-state index contributed by atoms with van der Waals surface area (Å²) in [5.41, 5.74) is 3.69. The SMILES string of the molecule is CCOCCn1c(=O)c2c(nc3n2CCCN3c2ccc(C)cc2C)n(C)c1=O. The number of anilines is 2. The predicted molar refractivity (Wildman–Crippen MR) is 113 cm³/mol. The van der Waals surface area contributed by atoms with E-state index in [1.54, 1.807) is 7.05 Å². The van der Waals surface area contributed by atoms with Crippen molar-refractivity contribution in [3.05, 3.63) is 50.2 Å². The lowest BCUT2D eigenvalue weighted by Gasteiger charge is -2.30. The van der Waals surface area contributed by atoms with E-state index in [1.807, 2.05) is 11.5 Å². The Morgan fingerprint density at radius 3 is 2.69 bits per heavy atom. The van der Waals surface area contributed by atoms with Crippen LogP contribution in [-0.4, -0.2) is 38.4 Å². The highest BCUT2D eigenvalue weighted by molar-refractivity contribution is 5.77. The lowest BCUT2D eigenvalue weighted by atomic mass is 10.1. The van der Waals surface area contributed by atoms with Gasteiger partial charge in [-0.2, -0.15) is 4.98 Å². The van der Waals surface area contributed by atoms with Gasteiger partial charge in [-0.3, -0.25) is 13.9 Å². The molecular formula is C21H27N5O3. The molecule has 0 N–H and O–H groups in total. The van der Waals surface area contributed by atoms with Crippen molar-refractivity contribution in [1.29, 1.82) is 0 Å². The molecule has 0 saturated carbocycles. The van der Waals surface area contributed by atoms with Gasteiger partial charge >= 0.3 is 5.69 Å². The second-order valence-corrected chi connectivity index (χ2v) is 7.53. The molecule has 0 spiro atoms. The molecule has 0 atom stereocenters. The van der Waals surface area contributed by atoms with Gasteiger partial charge in [-0.1, -0.05) is 17.7 Å². The van der Waals surface area contributed by atoms with E-state index in [1.165, 1.54) is 14.7 Å². The molecule has 29 heavy (non-hydrogen) atoms. The zero-order chi connectivity index (χ0) is 20.7. The highest BCUT2D eigenvalue weighted by atomic mass is 16.5. The number of benzene rings is 1. The quantitative estimate of drug-likeness (QED) is 0.617. The average Bonchev–Trinajstić information content (AvgIpc) is 3.09. The van der Waals surface area contributed by atoms with Crippen molar-refractivity contribution in [2.45, 2.75) is 40.3 Å². The maximum Gasteiger partial charge on any atom is 0.332 e. The van der Waals surface area contributed by atoms with Crippen LogP contribution < -0.4 is 16.1 Å². The highest BCUT2D eigenvalue weighted by Gasteiger charge is 2.27. The molecule has 8 heteroatoms. The summed E-state index contributed by atoms with van der Waals surface area (Å²) < 4.78 is 10.0. The molecule has 154 valence electrons. The Morgan fingerprint density at radius 1 is 1.17 bits per heavy atom. The lowest BCUT2D eigenvalue weighted by Crippen LogP contribution is -2.40. The molecule has 1 aliphatic rings. The van der Waals surface area contributed by atoms with Crippen molar-refractivity contribution in [3.63, 3.8) is 0 Å². The van der Waals surface area contributed by atoms with Gasteiger partial charge in [0.2, 0.25) is 5.95 Å². The van der Waals surface area contributed by atoms with E-state index >= 15 is 0 Å². The minimum Gasteiger partial charge on any atom is -0.380 e. The van der Waals surface area contributed by atoms with Gasteiger partial charge in [0, 0.05) is 32.4 Å². The molecule has 0 amide bonds. The standard InChI is InChI=1S/C21H27N5O3/c1-5-29-12-11-26-19(27)17-18(23(4)21(26)28)22-20-24(9-6-10-25(17)20)16-8-7-14(2)13-15(16)3/h7-8,13H,5-6,9-12H2,1-4H3. The first-order chi connectivity index (χ1) is 13.9. The maximum absolute atomic E-state index is 13.2. The van der Waals surface area contributed by atoms with Gasteiger partial charge in [0.1, 0.15) is 0 Å². The van der Waals surface area contributed by atoms with E-state index in [2.05, 4.69) is 36.9 Å². The minimum atomic E-state index is -0.365. The summed E-state index contributed by atoms with van der Waals surface area (Å²) in [4.78, 5) is 32.8. The molecule has 0 aliphatic carbocycles. The summed E-state index contributed by atoms with van der Waals surface area (Å²) in [5.74, 6) is 0.716. The third-order valence-corrected chi connectivity index (χ3v) is 5.52. The fraction of sp³-hybridized carbons (Fsp3) is 0.476. The van der Waals surface area contributed by atoms with Crippen molar-refractivity contribution in [3.8, 4) is 0 Å². The van der Waals surface area contributed by atoms with Crippen LogP contribution >= 0.6 is 0 Å². The van der Waals surface area contributed by atoms with Crippen molar-refractivity contribution >= 4 is 22.8 Å². The van der Waals surface area contributed by atoms with Crippen molar-refractivity contribution in [2.75, 3.05) is 24.7 Å². The number of hydrogen-bond acceptors (Lipinski definition) is 5. The van der Waals surface area contributed by atoms with E-state index in [0.29, 0.717) is 36.9 Å². The molecule has 2 aromatic heterocycles. The summed E-state index contributed by atoms with van der Waals surface area (Å²) in [5, 5.41) is 0. The van der Waals surface area contributed by atoms with Crippen LogP contribution in [0.15, 0.2) is 27.8 Å². The molecule has 0 unspecified atom stereocenters. The minimum absolute atomic E-state index is 0.233. The van der Waals surface area contributed by atoms with E-state index < -0.39 is 0 Å². The van der Waals surface area contributed by atoms with E-state index in [4.69, 9.17) is 9.72 Å². The van der Waals surface area contributed by atoms with Crippen LogP contribution in [0, 0.1) is 13.8 Å². The summed E-state index contributed by atoms with van der Waals surface area (Å²) >= 11 is 0. The molecular weight excluding hydrogens is 370 g/mol. The lowest BCUT2D eigenvalue weighted by molar-refractivity contribution is 0.137. The van der Waals surface area contributed by atoms with E-state index in [9.17, 15) is 9.59 Å². The van der Waals surface area contributed by atoms with Crippen LogP contribution in [0.5, 0.6) is 0 Å². The van der Waals surface area contributed by atoms with Crippen molar-refractivity contribution in [2.24, 2.45) is 7.05 Å². The summed E-state index contributed by atoms with van der Waals surface area (Å²) in [6.45, 7) is 8.67. The summed E-state index contributed by atoms with van der Waals surface area (Å²) in [6, 6.07) is 6.33. The Labute approximate surface area is 169 Å². The molecule has 8 nitrogen and oxygen atoms in total. The zero-order valence-electron chi connectivity index (χ0n) is 17.4. The van der Waals surface area contributed by atoms with Crippen molar-refractivity contribution < 1.29 is 4.74 Å². The van der Waals surface area contributed by atoms with Crippen LogP contribution in [0.2, 0.25) is 0 Å². The first kappa shape index (κ1) is 19.4. The molecule has 1 aromatic carbocycles. The van der Waals surface area contributed by atoms with Gasteiger partial charge in [-0.25, -0.2) is 4.79 Å². The van der Waals surface area contributed by atoms with Gasteiger partial charge in [0.05, 0.1) is 13.2 Å². The van der Waals surface area contributed by atoms with Crippen LogP contribution in [-0.2, 0) is 24.9 Å². The third-order valence-electron chi connectivity index (χ3n) is 5.52. The summed E-state index contributed by atoms with van der Waals surface area (Å²) in [7, 11) is 1.67. The summed E-state index contributed by atoms with van der Waals surface area (Å²) in [6.07, 6.45) is 0.896. The number of rotatable bonds is 5. The van der Waals surface area contributed by atoms with Gasteiger partial charge in [-0.15, -0.1) is 0 Å². The van der Waals surface area contributed by atoms with Crippen LogP contribution in [0.25, 0.3) is 11.2 Å². The Kier molecular flexibility index (Phi) is 5.04. The Morgan fingerprint density at radius 2 is 1.97 bits per heavy atom. The number of hydrogen-bond donors (Lipinski definition) is 0. The van der Waals surface area contributed by atoms with E-state index in [0.717, 1.165) is 24.2 Å². The Bertz CT molecular complexity index is 1190. The Hall–Kier alpha value is -2.87. The smallest absolute Gasteiger partial charge is 0.332 e. The molecule has 1 aliphatic heterocycles. The molecule has 0 saturated heterocycles. The number of imidazole rings is 1. The fourth-order valence-electron chi connectivity index (χ4n) is 4.10. The molecule has 4 rings (SSSR count). The van der Waals surface area contributed by atoms with Gasteiger partial charge in [-0.05, 0) is 38.8 Å². The molecule has 3 aromatic rings. The normalized spacial score (nSPS) is 13.9. The number of nitrogens with zero attached hydrogens (tertiary/aromatic N) is 5. The van der Waals surface area contributed by atoms with Crippen LogP contribution in [0.4, 0.5) is 11.6 Å². The number of aromatic nitrogens is 4. The Balaban J connectivity index is 1.90. The molecule has 3 heterocycles. The van der Waals surface area contributed by atoms with E-state index in [-0.39, 0.29) is 17.8 Å². The average molecular weight is 397 g/mol. The largest absolute Gasteiger partial charge is 0.380 e. The number of ether oxygens (including phenoxy) is 1. The first-order valence-corrected chi connectivity index (χ1v) is 10.1. The zero-order valence-corrected chi connectivity index (χ0v) is 17.4. The second kappa shape index (κ2) is 7.51. The second-order valence-electron chi connectivity index (χ2n) is 7.53.